The van der Waals surface area contributed by atoms with Crippen LogP contribution in [0.2, 0.25) is 0 Å². The van der Waals surface area contributed by atoms with Gasteiger partial charge in [0.2, 0.25) is 0 Å². The summed E-state index contributed by atoms with van der Waals surface area (Å²) in [6.07, 6.45) is 3.15. The maximum Gasteiger partial charge on any atom is 0.251 e. The maximum absolute atomic E-state index is 12.3. The average Bonchev–Trinajstić information content (AvgIpc) is 2.46. The molecule has 0 aliphatic carbocycles. The molecule has 98 valence electrons. The Labute approximate surface area is 107 Å². The van der Waals surface area contributed by atoms with Crippen LogP contribution >= 0.6 is 0 Å². The molecule has 1 aromatic heterocycles. The zero-order valence-electron chi connectivity index (χ0n) is 10.8. The molecule has 2 heterocycles. The van der Waals surface area contributed by atoms with Crippen molar-refractivity contribution in [2.75, 3.05) is 26.7 Å². The minimum atomic E-state index is -0.401. The standard InChI is InChI=1S/C13H19N3O2/c1-10(18-2)13(17)16-7-6-15-9-12(16)11-4-3-5-14-8-11/h3-5,8,10,12,15H,6-7,9H2,1-2H3. The van der Waals surface area contributed by atoms with E-state index in [1.54, 1.807) is 20.2 Å². The van der Waals surface area contributed by atoms with Crippen molar-refractivity contribution in [3.05, 3.63) is 30.1 Å². The summed E-state index contributed by atoms with van der Waals surface area (Å²) in [4.78, 5) is 18.3. The number of nitrogens with one attached hydrogen (secondary N) is 1. The summed E-state index contributed by atoms with van der Waals surface area (Å²) in [7, 11) is 1.56. The predicted octanol–water partition coefficient (Wildman–Crippen LogP) is 0.589. The number of nitrogens with zero attached hydrogens (tertiary/aromatic N) is 2. The minimum absolute atomic E-state index is 0.0350. The quantitative estimate of drug-likeness (QED) is 0.852. The van der Waals surface area contributed by atoms with Gasteiger partial charge in [-0.05, 0) is 18.6 Å². The second-order valence-electron chi connectivity index (χ2n) is 4.42. The van der Waals surface area contributed by atoms with Crippen molar-refractivity contribution in [2.45, 2.75) is 19.1 Å². The van der Waals surface area contributed by atoms with Gasteiger partial charge in [-0.1, -0.05) is 6.07 Å². The van der Waals surface area contributed by atoms with Gasteiger partial charge in [-0.25, -0.2) is 0 Å². The van der Waals surface area contributed by atoms with Gasteiger partial charge < -0.3 is 15.0 Å². The molecule has 18 heavy (non-hydrogen) atoms. The average molecular weight is 249 g/mol. The molecule has 0 aromatic carbocycles. The Morgan fingerprint density at radius 1 is 1.67 bits per heavy atom. The highest BCUT2D eigenvalue weighted by Gasteiger charge is 2.30. The Morgan fingerprint density at radius 3 is 3.17 bits per heavy atom. The fourth-order valence-electron chi connectivity index (χ4n) is 2.17. The Kier molecular flexibility index (Phi) is 4.28. The van der Waals surface area contributed by atoms with Gasteiger partial charge >= 0.3 is 0 Å². The topological polar surface area (TPSA) is 54.5 Å². The van der Waals surface area contributed by atoms with E-state index in [-0.39, 0.29) is 11.9 Å². The van der Waals surface area contributed by atoms with Crippen molar-refractivity contribution in [3.8, 4) is 0 Å². The number of aromatic nitrogens is 1. The molecule has 0 bridgehead atoms. The van der Waals surface area contributed by atoms with Crippen LogP contribution in [0.25, 0.3) is 0 Å². The summed E-state index contributed by atoms with van der Waals surface area (Å²) in [5.41, 5.74) is 1.06. The first-order valence-corrected chi connectivity index (χ1v) is 6.18. The van der Waals surface area contributed by atoms with Crippen molar-refractivity contribution in [2.24, 2.45) is 0 Å². The number of hydrogen-bond acceptors (Lipinski definition) is 4. The molecule has 0 spiro atoms. The largest absolute Gasteiger partial charge is 0.372 e. The molecular weight excluding hydrogens is 230 g/mol. The van der Waals surface area contributed by atoms with Crippen molar-refractivity contribution < 1.29 is 9.53 Å². The van der Waals surface area contributed by atoms with Gasteiger partial charge in [0, 0.05) is 39.1 Å². The van der Waals surface area contributed by atoms with E-state index < -0.39 is 6.10 Å². The molecular formula is C13H19N3O2. The number of carbonyl (C=O) groups excluding carboxylic acids is 1. The highest BCUT2D eigenvalue weighted by Crippen LogP contribution is 2.22. The van der Waals surface area contributed by atoms with Crippen LogP contribution in [0, 0.1) is 0 Å². The lowest BCUT2D eigenvalue weighted by atomic mass is 10.0. The molecule has 1 N–H and O–H groups in total. The van der Waals surface area contributed by atoms with Crippen LogP contribution in [0.4, 0.5) is 0 Å². The molecule has 1 aliphatic rings. The Morgan fingerprint density at radius 2 is 2.50 bits per heavy atom. The second-order valence-corrected chi connectivity index (χ2v) is 4.42. The summed E-state index contributed by atoms with van der Waals surface area (Å²) in [5.74, 6) is 0.0350. The van der Waals surface area contributed by atoms with E-state index in [4.69, 9.17) is 4.74 Å². The molecule has 2 rings (SSSR count). The van der Waals surface area contributed by atoms with E-state index in [0.29, 0.717) is 6.54 Å². The zero-order chi connectivity index (χ0) is 13.0. The summed E-state index contributed by atoms with van der Waals surface area (Å²) in [6, 6.07) is 3.94. The van der Waals surface area contributed by atoms with Crippen LogP contribution < -0.4 is 5.32 Å². The zero-order valence-corrected chi connectivity index (χ0v) is 10.8. The van der Waals surface area contributed by atoms with E-state index in [1.165, 1.54) is 0 Å². The van der Waals surface area contributed by atoms with Crippen LogP contribution in [0.15, 0.2) is 24.5 Å². The number of rotatable bonds is 3. The van der Waals surface area contributed by atoms with E-state index in [9.17, 15) is 4.79 Å². The summed E-state index contributed by atoms with van der Waals surface area (Å²) < 4.78 is 5.12. The molecule has 5 heteroatoms. The van der Waals surface area contributed by atoms with E-state index >= 15 is 0 Å². The molecule has 1 aliphatic heterocycles. The highest BCUT2D eigenvalue weighted by molar-refractivity contribution is 5.81. The van der Waals surface area contributed by atoms with Gasteiger partial charge in [0.15, 0.2) is 0 Å². The van der Waals surface area contributed by atoms with Crippen LogP contribution in [0.1, 0.15) is 18.5 Å². The van der Waals surface area contributed by atoms with Gasteiger partial charge in [0.05, 0.1) is 6.04 Å². The molecule has 0 saturated carbocycles. The lowest BCUT2D eigenvalue weighted by Crippen LogP contribution is -2.51. The third kappa shape index (κ3) is 2.68. The predicted molar refractivity (Wildman–Crippen MR) is 68.0 cm³/mol. The Hall–Kier alpha value is -1.46. The van der Waals surface area contributed by atoms with Gasteiger partial charge in [0.25, 0.3) is 5.91 Å². The smallest absolute Gasteiger partial charge is 0.251 e. The normalized spacial score (nSPS) is 21.7. The third-order valence-electron chi connectivity index (χ3n) is 3.30. The first-order chi connectivity index (χ1) is 8.74. The lowest BCUT2D eigenvalue weighted by molar-refractivity contribution is -0.144. The maximum atomic E-state index is 12.3. The van der Waals surface area contributed by atoms with E-state index in [2.05, 4.69) is 10.3 Å². The molecule has 1 fully saturated rings. The summed E-state index contributed by atoms with van der Waals surface area (Å²) in [6.45, 7) is 4.06. The monoisotopic (exact) mass is 249 g/mol. The van der Waals surface area contributed by atoms with Gasteiger partial charge in [-0.3, -0.25) is 9.78 Å². The molecule has 1 aromatic rings. The van der Waals surface area contributed by atoms with Crippen molar-refractivity contribution in [3.63, 3.8) is 0 Å². The molecule has 5 nitrogen and oxygen atoms in total. The second kappa shape index (κ2) is 5.93. The highest BCUT2D eigenvalue weighted by atomic mass is 16.5. The van der Waals surface area contributed by atoms with E-state index in [0.717, 1.165) is 18.7 Å². The number of pyridine rings is 1. The van der Waals surface area contributed by atoms with Gasteiger partial charge in [-0.15, -0.1) is 0 Å². The molecule has 0 radical (unpaired) electrons. The summed E-state index contributed by atoms with van der Waals surface area (Å²) in [5, 5.41) is 3.31. The first kappa shape index (κ1) is 13.0. The number of carbonyl (C=O) groups is 1. The molecule has 1 amide bonds. The lowest BCUT2D eigenvalue weighted by Gasteiger charge is -2.37. The Bertz CT molecular complexity index is 396. The van der Waals surface area contributed by atoms with Gasteiger partial charge in [-0.2, -0.15) is 0 Å². The van der Waals surface area contributed by atoms with Gasteiger partial charge in [0.1, 0.15) is 6.10 Å². The number of amides is 1. The van der Waals surface area contributed by atoms with Crippen molar-refractivity contribution >= 4 is 5.91 Å². The first-order valence-electron chi connectivity index (χ1n) is 6.18. The van der Waals surface area contributed by atoms with Crippen LogP contribution in [-0.2, 0) is 9.53 Å². The fourth-order valence-corrected chi connectivity index (χ4v) is 2.17. The third-order valence-corrected chi connectivity index (χ3v) is 3.30. The Balaban J connectivity index is 2.19. The van der Waals surface area contributed by atoms with Crippen LogP contribution in [-0.4, -0.2) is 48.6 Å². The SMILES string of the molecule is COC(C)C(=O)N1CCNCC1c1cccnc1. The van der Waals surface area contributed by atoms with Crippen molar-refractivity contribution in [1.29, 1.82) is 0 Å². The number of ether oxygens (including phenoxy) is 1. The minimum Gasteiger partial charge on any atom is -0.372 e. The fraction of sp³-hybridized carbons (Fsp3) is 0.538. The van der Waals surface area contributed by atoms with Crippen LogP contribution in [0.3, 0.4) is 0 Å². The number of hydrogen-bond donors (Lipinski definition) is 1. The molecule has 2 unspecified atom stereocenters. The van der Waals surface area contributed by atoms with E-state index in [1.807, 2.05) is 23.2 Å². The summed E-state index contributed by atoms with van der Waals surface area (Å²) >= 11 is 0. The van der Waals surface area contributed by atoms with Crippen LogP contribution in [0.5, 0.6) is 0 Å². The number of piperazine rings is 1. The molecule has 1 saturated heterocycles. The number of methoxy groups -OCH3 is 1. The van der Waals surface area contributed by atoms with Crippen molar-refractivity contribution in [1.82, 2.24) is 15.2 Å². The molecule has 2 atom stereocenters.